The summed E-state index contributed by atoms with van der Waals surface area (Å²) in [5.74, 6) is -0.0841. The van der Waals surface area contributed by atoms with Gasteiger partial charge in [0.2, 0.25) is 15.9 Å². The summed E-state index contributed by atoms with van der Waals surface area (Å²) in [4.78, 5) is 21.3. The number of amides is 1. The Morgan fingerprint density at radius 2 is 1.72 bits per heavy atom. The zero-order valence-corrected chi connectivity index (χ0v) is 18.6. The van der Waals surface area contributed by atoms with Crippen LogP contribution in [0, 0.1) is 20.8 Å². The second-order valence-electron chi connectivity index (χ2n) is 7.21. The summed E-state index contributed by atoms with van der Waals surface area (Å²) >= 11 is 1.25. The van der Waals surface area contributed by atoms with E-state index >= 15 is 0 Å². The first kappa shape index (κ1) is 21.7. The van der Waals surface area contributed by atoms with Crippen molar-refractivity contribution in [3.8, 4) is 0 Å². The van der Waals surface area contributed by atoms with Gasteiger partial charge in [-0.25, -0.2) is 18.4 Å². The van der Waals surface area contributed by atoms with E-state index in [-0.39, 0.29) is 16.6 Å². The van der Waals surface area contributed by atoms with E-state index in [1.54, 1.807) is 18.2 Å². The van der Waals surface area contributed by atoms with Crippen LogP contribution in [0.4, 0.5) is 5.69 Å². The standard InChI is InChI=1S/C20H26N4O3S2/c1-14-7-8-17(29(26,27)24-9-5-4-6-10-24)12-18(14)23-19(25)13-28-20-21-15(2)11-16(3)22-20/h7-8,11-12H,4-6,9-10,13H2,1-3H3,(H,23,25). The third-order valence-corrected chi connectivity index (χ3v) is 7.47. The van der Waals surface area contributed by atoms with Crippen LogP contribution in [-0.4, -0.2) is 47.4 Å². The number of benzene rings is 1. The molecule has 1 amide bonds. The Kier molecular flexibility index (Phi) is 6.92. The Hall–Kier alpha value is -1.97. The van der Waals surface area contributed by atoms with E-state index in [0.29, 0.717) is 23.9 Å². The molecule has 9 heteroatoms. The number of carbonyl (C=O) groups is 1. The molecule has 7 nitrogen and oxygen atoms in total. The number of hydrogen-bond acceptors (Lipinski definition) is 6. The largest absolute Gasteiger partial charge is 0.325 e. The summed E-state index contributed by atoms with van der Waals surface area (Å²) in [5, 5.41) is 3.38. The summed E-state index contributed by atoms with van der Waals surface area (Å²) in [6.07, 6.45) is 2.82. The van der Waals surface area contributed by atoms with Crippen LogP contribution in [0.2, 0.25) is 0 Å². The molecule has 3 rings (SSSR count). The van der Waals surface area contributed by atoms with Gasteiger partial charge in [0.25, 0.3) is 0 Å². The molecule has 1 aliphatic rings. The Balaban J connectivity index is 1.70. The maximum absolute atomic E-state index is 12.9. The predicted molar refractivity (Wildman–Crippen MR) is 115 cm³/mol. The van der Waals surface area contributed by atoms with Crippen LogP contribution in [0.5, 0.6) is 0 Å². The van der Waals surface area contributed by atoms with E-state index in [4.69, 9.17) is 0 Å². The highest BCUT2D eigenvalue weighted by Crippen LogP contribution is 2.25. The van der Waals surface area contributed by atoms with Crippen LogP contribution in [-0.2, 0) is 14.8 Å². The first-order chi connectivity index (χ1) is 13.8. The molecule has 0 atom stereocenters. The third kappa shape index (κ3) is 5.55. The smallest absolute Gasteiger partial charge is 0.243 e. The fourth-order valence-electron chi connectivity index (χ4n) is 3.23. The summed E-state index contributed by atoms with van der Waals surface area (Å²) in [5.41, 5.74) is 3.03. The predicted octanol–water partition coefficient (Wildman–Crippen LogP) is 3.31. The highest BCUT2D eigenvalue weighted by Gasteiger charge is 2.26. The van der Waals surface area contributed by atoms with Crippen molar-refractivity contribution >= 4 is 33.4 Å². The molecule has 0 bridgehead atoms. The zero-order chi connectivity index (χ0) is 21.0. The fraction of sp³-hybridized carbons (Fsp3) is 0.450. The molecule has 2 aromatic rings. The summed E-state index contributed by atoms with van der Waals surface area (Å²) in [6.45, 7) is 6.70. The minimum Gasteiger partial charge on any atom is -0.325 e. The van der Waals surface area contributed by atoms with Gasteiger partial charge in [0.15, 0.2) is 5.16 Å². The molecule has 29 heavy (non-hydrogen) atoms. The van der Waals surface area contributed by atoms with Crippen LogP contribution in [0.25, 0.3) is 0 Å². The first-order valence-electron chi connectivity index (χ1n) is 9.61. The number of hydrogen-bond donors (Lipinski definition) is 1. The van der Waals surface area contributed by atoms with Crippen LogP contribution in [0.3, 0.4) is 0 Å². The van der Waals surface area contributed by atoms with Crippen molar-refractivity contribution < 1.29 is 13.2 Å². The summed E-state index contributed by atoms with van der Waals surface area (Å²) in [7, 11) is -3.55. The molecular formula is C20H26N4O3S2. The van der Waals surface area contributed by atoms with Gasteiger partial charge in [-0.2, -0.15) is 4.31 Å². The molecule has 1 N–H and O–H groups in total. The van der Waals surface area contributed by atoms with Crippen molar-refractivity contribution in [3.63, 3.8) is 0 Å². The minimum absolute atomic E-state index is 0.144. The van der Waals surface area contributed by atoms with Crippen LogP contribution in [0.15, 0.2) is 34.3 Å². The van der Waals surface area contributed by atoms with Gasteiger partial charge in [0.1, 0.15) is 0 Å². The molecule has 1 fully saturated rings. The Labute approximate surface area is 176 Å². The highest BCUT2D eigenvalue weighted by molar-refractivity contribution is 7.99. The van der Waals surface area contributed by atoms with Gasteiger partial charge in [-0.1, -0.05) is 24.2 Å². The van der Waals surface area contributed by atoms with Gasteiger partial charge < -0.3 is 5.32 Å². The molecule has 1 aliphatic heterocycles. The SMILES string of the molecule is Cc1cc(C)nc(SCC(=O)Nc2cc(S(=O)(=O)N3CCCCC3)ccc2C)n1. The molecule has 2 heterocycles. The van der Waals surface area contributed by atoms with Gasteiger partial charge in [0, 0.05) is 30.2 Å². The maximum atomic E-state index is 12.9. The van der Waals surface area contributed by atoms with E-state index in [0.717, 1.165) is 36.2 Å². The lowest BCUT2D eigenvalue weighted by Gasteiger charge is -2.26. The number of aromatic nitrogens is 2. The van der Waals surface area contributed by atoms with Gasteiger partial charge in [-0.05, 0) is 57.4 Å². The lowest BCUT2D eigenvalue weighted by molar-refractivity contribution is -0.113. The molecule has 156 valence electrons. The normalized spacial score (nSPS) is 15.3. The molecule has 0 spiro atoms. The second-order valence-corrected chi connectivity index (χ2v) is 10.1. The number of nitrogens with one attached hydrogen (secondary N) is 1. The van der Waals surface area contributed by atoms with E-state index < -0.39 is 10.0 Å². The quantitative estimate of drug-likeness (QED) is 0.554. The van der Waals surface area contributed by atoms with Crippen LogP contribution in [0.1, 0.15) is 36.2 Å². The number of aryl methyl sites for hydroxylation is 3. The Morgan fingerprint density at radius 1 is 1.07 bits per heavy atom. The number of thioether (sulfide) groups is 1. The third-order valence-electron chi connectivity index (χ3n) is 4.73. The van der Waals surface area contributed by atoms with E-state index in [9.17, 15) is 13.2 Å². The molecule has 1 aromatic heterocycles. The molecular weight excluding hydrogens is 408 g/mol. The number of sulfonamides is 1. The average Bonchev–Trinajstić information content (AvgIpc) is 2.68. The number of carbonyl (C=O) groups excluding carboxylic acids is 1. The van der Waals surface area contributed by atoms with Crippen molar-refractivity contribution in [1.82, 2.24) is 14.3 Å². The van der Waals surface area contributed by atoms with Gasteiger partial charge in [0.05, 0.1) is 10.6 Å². The Morgan fingerprint density at radius 3 is 2.38 bits per heavy atom. The fourth-order valence-corrected chi connectivity index (χ4v) is 5.52. The lowest BCUT2D eigenvalue weighted by Crippen LogP contribution is -2.35. The van der Waals surface area contributed by atoms with Crippen molar-refractivity contribution in [2.75, 3.05) is 24.2 Å². The monoisotopic (exact) mass is 434 g/mol. The van der Waals surface area contributed by atoms with Crippen molar-refractivity contribution in [2.24, 2.45) is 0 Å². The van der Waals surface area contributed by atoms with Gasteiger partial charge in [-0.15, -0.1) is 0 Å². The number of rotatable bonds is 6. The Bertz CT molecular complexity index is 983. The molecule has 0 aliphatic carbocycles. The van der Waals surface area contributed by atoms with E-state index in [1.165, 1.54) is 16.1 Å². The van der Waals surface area contributed by atoms with Gasteiger partial charge >= 0.3 is 0 Å². The topological polar surface area (TPSA) is 92.3 Å². The van der Waals surface area contributed by atoms with Crippen molar-refractivity contribution in [3.05, 3.63) is 41.2 Å². The molecule has 1 saturated heterocycles. The number of piperidine rings is 1. The van der Waals surface area contributed by atoms with Crippen molar-refractivity contribution in [2.45, 2.75) is 50.1 Å². The second kappa shape index (κ2) is 9.23. The average molecular weight is 435 g/mol. The van der Waals surface area contributed by atoms with Crippen LogP contribution >= 0.6 is 11.8 Å². The maximum Gasteiger partial charge on any atom is 0.243 e. The number of anilines is 1. The molecule has 0 radical (unpaired) electrons. The minimum atomic E-state index is -3.55. The summed E-state index contributed by atoms with van der Waals surface area (Å²) < 4.78 is 27.3. The molecule has 0 saturated carbocycles. The summed E-state index contributed by atoms with van der Waals surface area (Å²) in [6, 6.07) is 6.76. The molecule has 0 unspecified atom stereocenters. The zero-order valence-electron chi connectivity index (χ0n) is 16.9. The first-order valence-corrected chi connectivity index (χ1v) is 12.0. The highest BCUT2D eigenvalue weighted by atomic mass is 32.2. The van der Waals surface area contributed by atoms with E-state index in [1.807, 2.05) is 26.8 Å². The van der Waals surface area contributed by atoms with Gasteiger partial charge in [-0.3, -0.25) is 4.79 Å². The van der Waals surface area contributed by atoms with Crippen LogP contribution < -0.4 is 5.32 Å². The van der Waals surface area contributed by atoms with Crippen molar-refractivity contribution in [1.29, 1.82) is 0 Å². The molecule has 1 aromatic carbocycles. The number of nitrogens with zero attached hydrogens (tertiary/aromatic N) is 3. The lowest BCUT2D eigenvalue weighted by atomic mass is 10.2. The van der Waals surface area contributed by atoms with E-state index in [2.05, 4.69) is 15.3 Å².